The van der Waals surface area contributed by atoms with Crippen LogP contribution in [0, 0.1) is 17.7 Å². The first-order chi connectivity index (χ1) is 24.8. The molecule has 0 radical (unpaired) electrons. The van der Waals surface area contributed by atoms with Crippen molar-refractivity contribution in [2.75, 3.05) is 78.5 Å². The van der Waals surface area contributed by atoms with Gasteiger partial charge in [-0.2, -0.15) is 5.10 Å². The number of halogens is 1. The molecule has 13 nitrogen and oxygen atoms in total. The molecule has 1 unspecified atom stereocenters. The molecule has 51 heavy (non-hydrogen) atoms. The van der Waals surface area contributed by atoms with Gasteiger partial charge in [0, 0.05) is 77.5 Å². The normalized spacial score (nSPS) is 22.3. The smallest absolute Gasteiger partial charge is 0.256 e. The molecule has 3 saturated heterocycles. The van der Waals surface area contributed by atoms with Crippen LogP contribution in [0.25, 0.3) is 0 Å². The number of amides is 5. The largest absolute Gasteiger partial charge is 0.347 e. The van der Waals surface area contributed by atoms with Gasteiger partial charge in [0.2, 0.25) is 24.1 Å². The topological polar surface area (TPSA) is 138 Å². The molecular formula is C37H53FN8O5. The molecule has 0 aromatic heterocycles. The number of piperidine rings is 1. The summed E-state index contributed by atoms with van der Waals surface area (Å²) >= 11 is 0. The third-order valence-electron chi connectivity index (χ3n) is 11.5. The summed E-state index contributed by atoms with van der Waals surface area (Å²) in [5, 5.41) is 6.91. The van der Waals surface area contributed by atoms with Crippen LogP contribution in [0.3, 0.4) is 0 Å². The van der Waals surface area contributed by atoms with E-state index in [1.807, 2.05) is 9.80 Å². The number of carbonyl (C=O) groups excluding carboxylic acids is 5. The van der Waals surface area contributed by atoms with E-state index >= 15 is 0 Å². The minimum Gasteiger partial charge on any atom is -0.347 e. The summed E-state index contributed by atoms with van der Waals surface area (Å²) < 4.78 is 14.7. The molecule has 4 heterocycles. The first-order valence-electron chi connectivity index (χ1n) is 18.9. The lowest BCUT2D eigenvalue weighted by Crippen LogP contribution is -2.56. The van der Waals surface area contributed by atoms with Crippen LogP contribution in [-0.4, -0.2) is 145 Å². The van der Waals surface area contributed by atoms with Gasteiger partial charge in [0.25, 0.3) is 5.91 Å². The lowest BCUT2D eigenvalue weighted by molar-refractivity contribution is -0.138. The van der Waals surface area contributed by atoms with E-state index in [0.29, 0.717) is 77.4 Å². The number of hydrazone groups is 1. The average Bonchev–Trinajstić information content (AvgIpc) is 3.16. The minimum atomic E-state index is -0.575. The van der Waals surface area contributed by atoms with E-state index < -0.39 is 11.9 Å². The molecular weight excluding hydrogens is 655 g/mol. The highest BCUT2D eigenvalue weighted by Crippen LogP contribution is 2.28. The molecule has 1 atom stereocenters. The predicted octanol–water partition coefficient (Wildman–Crippen LogP) is 1.47. The summed E-state index contributed by atoms with van der Waals surface area (Å²) in [6.07, 6.45) is 9.51. The van der Waals surface area contributed by atoms with E-state index in [2.05, 4.69) is 25.6 Å². The maximum Gasteiger partial charge on any atom is 0.256 e. The van der Waals surface area contributed by atoms with Crippen molar-refractivity contribution in [1.82, 2.24) is 35.2 Å². The Kier molecular flexibility index (Phi) is 12.7. The van der Waals surface area contributed by atoms with Crippen molar-refractivity contribution in [3.8, 4) is 0 Å². The Labute approximate surface area is 299 Å². The van der Waals surface area contributed by atoms with Crippen molar-refractivity contribution in [1.29, 1.82) is 0 Å². The van der Waals surface area contributed by atoms with Crippen LogP contribution < -0.4 is 10.7 Å². The molecule has 1 aliphatic carbocycles. The summed E-state index contributed by atoms with van der Waals surface area (Å²) in [6.45, 7) is 7.67. The Balaban J connectivity index is 0.888. The van der Waals surface area contributed by atoms with Crippen LogP contribution in [0.15, 0.2) is 23.3 Å². The van der Waals surface area contributed by atoms with Gasteiger partial charge in [-0.25, -0.2) is 9.82 Å². The maximum atomic E-state index is 14.7. The van der Waals surface area contributed by atoms with Gasteiger partial charge in [0.1, 0.15) is 11.9 Å². The number of hydrogen-bond donors (Lipinski definition) is 2. The molecule has 1 saturated carbocycles. The molecule has 2 N–H and O–H groups in total. The molecule has 5 aliphatic rings. The molecule has 6 rings (SSSR count). The van der Waals surface area contributed by atoms with Gasteiger partial charge < -0.3 is 20.0 Å². The zero-order valence-electron chi connectivity index (χ0n) is 29.7. The number of benzene rings is 1. The Morgan fingerprint density at radius 3 is 2.22 bits per heavy atom. The SMILES string of the molecule is O=CNC(C(=O)N1CCN(CC2CCN(CC(=O)N3CCN(C(=O)c4cc(CC5=NNC(=O)CC5)ccc4F)CC3)CC2)CC1)C1CCCCC1. The van der Waals surface area contributed by atoms with E-state index in [1.54, 1.807) is 17.0 Å². The van der Waals surface area contributed by atoms with Crippen LogP contribution in [0.5, 0.6) is 0 Å². The average molecular weight is 709 g/mol. The molecule has 1 aromatic rings. The Bertz CT molecular complexity index is 1440. The van der Waals surface area contributed by atoms with Crippen molar-refractivity contribution in [2.24, 2.45) is 16.9 Å². The summed E-state index contributed by atoms with van der Waals surface area (Å²) in [6, 6.07) is 4.11. The third-order valence-corrected chi connectivity index (χ3v) is 11.5. The van der Waals surface area contributed by atoms with Crippen molar-refractivity contribution in [3.05, 3.63) is 35.1 Å². The molecule has 14 heteroatoms. The predicted molar refractivity (Wildman–Crippen MR) is 189 cm³/mol. The van der Waals surface area contributed by atoms with Crippen LogP contribution >= 0.6 is 0 Å². The second-order valence-corrected chi connectivity index (χ2v) is 14.9. The number of carbonyl (C=O) groups is 5. The number of hydrogen-bond acceptors (Lipinski definition) is 8. The molecule has 0 bridgehead atoms. The molecule has 4 aliphatic heterocycles. The van der Waals surface area contributed by atoms with Gasteiger partial charge >= 0.3 is 0 Å². The third kappa shape index (κ3) is 9.70. The fourth-order valence-electron chi connectivity index (χ4n) is 8.33. The van der Waals surface area contributed by atoms with E-state index in [0.717, 1.165) is 82.5 Å². The van der Waals surface area contributed by atoms with Crippen LogP contribution in [0.4, 0.5) is 4.39 Å². The summed E-state index contributed by atoms with van der Waals surface area (Å²) in [7, 11) is 0. The van der Waals surface area contributed by atoms with Crippen molar-refractivity contribution < 1.29 is 28.4 Å². The highest BCUT2D eigenvalue weighted by atomic mass is 19.1. The quantitative estimate of drug-likeness (QED) is 0.333. The second kappa shape index (κ2) is 17.5. The van der Waals surface area contributed by atoms with Crippen molar-refractivity contribution in [2.45, 2.75) is 70.3 Å². The molecule has 1 aromatic carbocycles. The van der Waals surface area contributed by atoms with Gasteiger partial charge in [-0.1, -0.05) is 25.3 Å². The summed E-state index contributed by atoms with van der Waals surface area (Å²) in [5.74, 6) is -0.164. The zero-order valence-corrected chi connectivity index (χ0v) is 29.7. The van der Waals surface area contributed by atoms with Crippen molar-refractivity contribution >= 4 is 35.8 Å². The summed E-state index contributed by atoms with van der Waals surface area (Å²) in [5.41, 5.74) is 4.03. The lowest BCUT2D eigenvalue weighted by Gasteiger charge is -2.41. The van der Waals surface area contributed by atoms with E-state index in [1.165, 1.54) is 12.5 Å². The number of piperazine rings is 2. The van der Waals surface area contributed by atoms with E-state index in [9.17, 15) is 28.4 Å². The highest BCUT2D eigenvalue weighted by molar-refractivity contribution is 5.96. The number of rotatable bonds is 11. The number of nitrogens with zero attached hydrogens (tertiary/aromatic N) is 6. The first-order valence-corrected chi connectivity index (χ1v) is 18.9. The van der Waals surface area contributed by atoms with Gasteiger partial charge in [-0.05, 0) is 74.7 Å². The minimum absolute atomic E-state index is 0.0150. The van der Waals surface area contributed by atoms with Gasteiger partial charge in [-0.15, -0.1) is 0 Å². The molecule has 4 fully saturated rings. The fourth-order valence-corrected chi connectivity index (χ4v) is 8.33. The standard InChI is InChI=1S/C37H53FN8O5/c38-32-8-6-28(22-30-7-9-33(48)41-40-30)23-31(32)36(50)45-20-18-44(19-21-45)34(49)25-42-12-10-27(11-13-42)24-43-14-16-46(17-15-43)37(51)35(39-26-47)29-4-2-1-3-5-29/h6,8,23,26-27,29,35H,1-5,7,9-22,24-25H2,(H,39,47)(H,41,48). The number of likely N-dealkylation sites (tertiary alicyclic amines) is 1. The molecule has 0 spiro atoms. The van der Waals surface area contributed by atoms with Gasteiger partial charge in [0.05, 0.1) is 12.1 Å². The maximum absolute atomic E-state index is 14.7. The highest BCUT2D eigenvalue weighted by Gasteiger charge is 2.34. The van der Waals surface area contributed by atoms with Crippen LogP contribution in [-0.2, 0) is 25.6 Å². The molecule has 278 valence electrons. The monoisotopic (exact) mass is 708 g/mol. The summed E-state index contributed by atoms with van der Waals surface area (Å²) in [4.78, 5) is 72.5. The van der Waals surface area contributed by atoms with E-state index in [-0.39, 0.29) is 35.1 Å². The first kappa shape index (κ1) is 36.9. The Morgan fingerprint density at radius 2 is 1.55 bits per heavy atom. The zero-order chi connectivity index (χ0) is 35.7. The Hall–Kier alpha value is -3.91. The van der Waals surface area contributed by atoms with Gasteiger partial charge in [-0.3, -0.25) is 33.8 Å². The number of nitrogens with one attached hydrogen (secondary N) is 2. The lowest BCUT2D eigenvalue weighted by atomic mass is 9.83. The van der Waals surface area contributed by atoms with Gasteiger partial charge in [0.15, 0.2) is 0 Å². The Morgan fingerprint density at radius 1 is 0.863 bits per heavy atom. The van der Waals surface area contributed by atoms with E-state index in [4.69, 9.17) is 0 Å². The van der Waals surface area contributed by atoms with Crippen LogP contribution in [0.2, 0.25) is 0 Å². The molecule has 5 amide bonds. The second-order valence-electron chi connectivity index (χ2n) is 14.9. The fraction of sp³-hybridized carbons (Fsp3) is 0.676. The van der Waals surface area contributed by atoms with Crippen molar-refractivity contribution in [3.63, 3.8) is 0 Å². The van der Waals surface area contributed by atoms with Crippen LogP contribution in [0.1, 0.15) is 73.7 Å².